The van der Waals surface area contributed by atoms with E-state index in [0.717, 1.165) is 56.4 Å². The van der Waals surface area contributed by atoms with Gasteiger partial charge in [0.1, 0.15) is 29.3 Å². The lowest BCUT2D eigenvalue weighted by Crippen LogP contribution is -2.72. The van der Waals surface area contributed by atoms with Crippen molar-refractivity contribution in [3.63, 3.8) is 0 Å². The smallest absolute Gasteiger partial charge is 0.175 e. The Labute approximate surface area is 234 Å². The predicted octanol–water partition coefficient (Wildman–Crippen LogP) is 9.09. The number of ether oxygens (including phenoxy) is 2. The Morgan fingerprint density at radius 2 is 1.26 bits per heavy atom. The summed E-state index contributed by atoms with van der Waals surface area (Å²) in [6.45, 7) is 22.4. The van der Waals surface area contributed by atoms with E-state index in [1.165, 1.54) is 17.2 Å². The third kappa shape index (κ3) is 6.72. The molecule has 5 heteroatoms. The van der Waals surface area contributed by atoms with Crippen LogP contribution in [0.15, 0.2) is 73.8 Å². The average molecular weight is 551 g/mol. The Morgan fingerprint density at radius 1 is 0.816 bits per heavy atom. The molecule has 38 heavy (non-hydrogen) atoms. The second kappa shape index (κ2) is 13.3. The standard InChI is InChI=1S/C33H50O3Si2/c1-9-17-27-21-13-15-23-29(27)34-31(19-11-3)33(25-26-37(5,6)38(7,8)36-33)32(20-12-4)35-30-24-16-14-22-28(30)18-10-2/h9-10,13-16,21-24,31-32H,1-2,11-12,17-20,25-26H2,3-8H3. The first kappa shape index (κ1) is 30.5. The van der Waals surface area contributed by atoms with Crippen molar-refractivity contribution in [1.82, 2.24) is 0 Å². The molecule has 208 valence electrons. The Morgan fingerprint density at radius 3 is 1.66 bits per heavy atom. The molecule has 2 atom stereocenters. The fraction of sp³-hybridized carbons (Fsp3) is 0.515. The summed E-state index contributed by atoms with van der Waals surface area (Å²) in [5.41, 5.74) is 1.84. The highest BCUT2D eigenvalue weighted by molar-refractivity contribution is 7.38. The maximum absolute atomic E-state index is 7.56. The minimum Gasteiger partial charge on any atom is -0.487 e. The number of para-hydroxylation sites is 2. The topological polar surface area (TPSA) is 27.7 Å². The molecule has 0 spiro atoms. The monoisotopic (exact) mass is 550 g/mol. The van der Waals surface area contributed by atoms with Gasteiger partial charge in [-0.05, 0) is 68.5 Å². The molecule has 0 aromatic heterocycles. The molecule has 0 amide bonds. The van der Waals surface area contributed by atoms with Gasteiger partial charge in [0.25, 0.3) is 0 Å². The Hall–Kier alpha value is -2.09. The molecular weight excluding hydrogens is 501 g/mol. The van der Waals surface area contributed by atoms with E-state index in [1.807, 2.05) is 12.2 Å². The minimum absolute atomic E-state index is 0.0987. The Balaban J connectivity index is 2.14. The summed E-state index contributed by atoms with van der Waals surface area (Å²) in [5, 5.41) is 0. The van der Waals surface area contributed by atoms with Crippen LogP contribution < -0.4 is 9.47 Å². The SMILES string of the molecule is C=CCc1ccccc1OC(CCC)C1(C(CCC)Oc2ccccc2CC=C)CC[Si](C)(C)[Si](C)(C)O1. The number of hydrogen-bond donors (Lipinski definition) is 0. The van der Waals surface area contributed by atoms with Gasteiger partial charge in [-0.3, -0.25) is 0 Å². The molecule has 1 aliphatic heterocycles. The van der Waals surface area contributed by atoms with E-state index in [9.17, 15) is 0 Å². The molecule has 1 fully saturated rings. The molecule has 0 aliphatic carbocycles. The van der Waals surface area contributed by atoms with Gasteiger partial charge in [0.2, 0.25) is 0 Å². The number of rotatable bonds is 14. The predicted molar refractivity (Wildman–Crippen MR) is 168 cm³/mol. The average Bonchev–Trinajstić information content (AvgIpc) is 2.88. The maximum Gasteiger partial charge on any atom is 0.175 e. The van der Waals surface area contributed by atoms with Gasteiger partial charge in [0.15, 0.2) is 7.83 Å². The fourth-order valence-electron chi connectivity index (χ4n) is 5.66. The van der Waals surface area contributed by atoms with Gasteiger partial charge >= 0.3 is 0 Å². The molecule has 1 aliphatic rings. The van der Waals surface area contributed by atoms with E-state index in [0.29, 0.717) is 0 Å². The zero-order valence-corrected chi connectivity index (χ0v) is 26.7. The van der Waals surface area contributed by atoms with Crippen LogP contribution in [0.4, 0.5) is 0 Å². The van der Waals surface area contributed by atoms with E-state index >= 15 is 0 Å². The second-order valence-corrected chi connectivity index (χ2v) is 27.1. The zero-order valence-electron chi connectivity index (χ0n) is 24.7. The summed E-state index contributed by atoms with van der Waals surface area (Å²) in [5.74, 6) is 1.88. The summed E-state index contributed by atoms with van der Waals surface area (Å²) in [4.78, 5) is 0. The van der Waals surface area contributed by atoms with Gasteiger partial charge in [0, 0.05) is 0 Å². The molecule has 1 heterocycles. The van der Waals surface area contributed by atoms with E-state index in [1.54, 1.807) is 0 Å². The highest BCUT2D eigenvalue weighted by Crippen LogP contribution is 2.47. The Bertz CT molecular complexity index is 996. The summed E-state index contributed by atoms with van der Waals surface area (Å²) in [7, 11) is -3.48. The van der Waals surface area contributed by atoms with Crippen LogP contribution in [-0.2, 0) is 17.3 Å². The lowest BCUT2D eigenvalue weighted by atomic mass is 9.82. The van der Waals surface area contributed by atoms with Crippen molar-refractivity contribution in [2.24, 2.45) is 0 Å². The third-order valence-electron chi connectivity index (χ3n) is 8.62. The maximum atomic E-state index is 7.56. The van der Waals surface area contributed by atoms with Gasteiger partial charge in [-0.25, -0.2) is 0 Å². The molecular formula is C33H50O3Si2. The van der Waals surface area contributed by atoms with Crippen LogP contribution in [0, 0.1) is 0 Å². The quantitative estimate of drug-likeness (QED) is 0.173. The fourth-order valence-corrected chi connectivity index (χ4v) is 12.4. The van der Waals surface area contributed by atoms with Crippen molar-refractivity contribution in [1.29, 1.82) is 0 Å². The molecule has 3 rings (SSSR count). The molecule has 3 nitrogen and oxygen atoms in total. The minimum atomic E-state index is -1.98. The highest BCUT2D eigenvalue weighted by Gasteiger charge is 2.60. The molecule has 1 saturated heterocycles. The van der Waals surface area contributed by atoms with E-state index < -0.39 is 21.0 Å². The first-order valence-corrected chi connectivity index (χ1v) is 21.7. The molecule has 0 saturated carbocycles. The van der Waals surface area contributed by atoms with Gasteiger partial charge in [-0.1, -0.05) is 94.4 Å². The normalized spacial score (nSPS) is 21.7. The number of allylic oxidation sites excluding steroid dienone is 2. The van der Waals surface area contributed by atoms with Crippen LogP contribution in [0.2, 0.25) is 32.2 Å². The third-order valence-corrected chi connectivity index (χ3v) is 25.1. The van der Waals surface area contributed by atoms with Crippen LogP contribution in [0.25, 0.3) is 0 Å². The van der Waals surface area contributed by atoms with Crippen molar-refractivity contribution in [3.05, 3.63) is 85.0 Å². The lowest BCUT2D eigenvalue weighted by molar-refractivity contribution is -0.124. The van der Waals surface area contributed by atoms with Crippen molar-refractivity contribution in [2.75, 3.05) is 0 Å². The van der Waals surface area contributed by atoms with E-state index in [4.69, 9.17) is 13.9 Å². The first-order chi connectivity index (χ1) is 18.1. The second-order valence-electron chi connectivity index (χ2n) is 11.9. The summed E-state index contributed by atoms with van der Waals surface area (Å²) in [6.07, 6.45) is 10.1. The van der Waals surface area contributed by atoms with Gasteiger partial charge in [0.05, 0.1) is 7.59 Å². The van der Waals surface area contributed by atoms with Crippen LogP contribution in [0.1, 0.15) is 57.1 Å². The van der Waals surface area contributed by atoms with Crippen LogP contribution >= 0.6 is 0 Å². The zero-order chi connectivity index (χ0) is 27.8. The van der Waals surface area contributed by atoms with E-state index in [2.05, 4.69) is 102 Å². The van der Waals surface area contributed by atoms with Crippen molar-refractivity contribution in [2.45, 2.75) is 109 Å². The molecule has 2 aromatic carbocycles. The van der Waals surface area contributed by atoms with Gasteiger partial charge in [-0.15, -0.1) is 13.2 Å². The van der Waals surface area contributed by atoms with Crippen LogP contribution in [-0.4, -0.2) is 33.2 Å². The van der Waals surface area contributed by atoms with Crippen molar-refractivity contribution >= 4 is 15.4 Å². The first-order valence-electron chi connectivity index (χ1n) is 14.5. The van der Waals surface area contributed by atoms with E-state index in [-0.39, 0.29) is 12.2 Å². The largest absolute Gasteiger partial charge is 0.487 e. The van der Waals surface area contributed by atoms with Crippen molar-refractivity contribution < 1.29 is 13.9 Å². The van der Waals surface area contributed by atoms with Crippen LogP contribution in [0.3, 0.4) is 0 Å². The Kier molecular flexibility index (Phi) is 10.7. The van der Waals surface area contributed by atoms with Crippen molar-refractivity contribution in [3.8, 4) is 11.5 Å². The van der Waals surface area contributed by atoms with Crippen LogP contribution in [0.5, 0.6) is 11.5 Å². The summed E-state index contributed by atoms with van der Waals surface area (Å²) in [6, 6.07) is 18.0. The molecule has 2 unspecified atom stereocenters. The lowest BCUT2D eigenvalue weighted by Gasteiger charge is -2.56. The number of hydrogen-bond acceptors (Lipinski definition) is 3. The number of benzene rings is 2. The molecule has 0 N–H and O–H groups in total. The highest BCUT2D eigenvalue weighted by atomic mass is 29.3. The molecule has 2 aromatic rings. The summed E-state index contributed by atoms with van der Waals surface area (Å²) < 4.78 is 21.7. The van der Waals surface area contributed by atoms with Gasteiger partial charge in [-0.2, -0.15) is 0 Å². The molecule has 0 bridgehead atoms. The van der Waals surface area contributed by atoms with Gasteiger partial charge < -0.3 is 13.9 Å². The summed E-state index contributed by atoms with van der Waals surface area (Å²) >= 11 is 0. The molecule has 0 radical (unpaired) electrons.